The Morgan fingerprint density at radius 2 is 1.92 bits per heavy atom. The van der Waals surface area contributed by atoms with E-state index >= 15 is 0 Å². The molecule has 0 radical (unpaired) electrons. The lowest BCUT2D eigenvalue weighted by Gasteiger charge is -2.17. The van der Waals surface area contributed by atoms with E-state index in [0.29, 0.717) is 6.54 Å². The van der Waals surface area contributed by atoms with Gasteiger partial charge in [0.05, 0.1) is 18.6 Å². The van der Waals surface area contributed by atoms with Gasteiger partial charge in [-0.15, -0.1) is 0 Å². The molecule has 1 N–H and O–H groups in total. The zero-order valence-corrected chi connectivity index (χ0v) is 14.8. The van der Waals surface area contributed by atoms with Crippen LogP contribution in [-0.4, -0.2) is 28.1 Å². The first-order valence-electron chi connectivity index (χ1n) is 8.86. The van der Waals surface area contributed by atoms with Crippen LogP contribution < -0.4 is 9.47 Å². The molecule has 0 spiro atoms. The summed E-state index contributed by atoms with van der Waals surface area (Å²) >= 11 is 0. The van der Waals surface area contributed by atoms with E-state index in [1.165, 1.54) is 5.56 Å². The third-order valence-electron chi connectivity index (χ3n) is 4.71. The summed E-state index contributed by atoms with van der Waals surface area (Å²) in [6, 6.07) is 16.3. The van der Waals surface area contributed by atoms with Crippen LogP contribution in [0.1, 0.15) is 24.1 Å². The molecule has 0 saturated carbocycles. The van der Waals surface area contributed by atoms with Gasteiger partial charge in [-0.25, -0.2) is 4.98 Å². The lowest BCUT2D eigenvalue weighted by atomic mass is 9.94. The molecule has 134 valence electrons. The van der Waals surface area contributed by atoms with Crippen LogP contribution >= 0.6 is 0 Å². The zero-order valence-electron chi connectivity index (χ0n) is 14.8. The molecule has 0 aliphatic carbocycles. The molecule has 5 heteroatoms. The number of hydrogen-bond acceptors (Lipinski definition) is 4. The summed E-state index contributed by atoms with van der Waals surface area (Å²) in [4.78, 5) is 4.63. The smallest absolute Gasteiger partial charge is 0.231 e. The van der Waals surface area contributed by atoms with Crippen LogP contribution in [0.15, 0.2) is 54.9 Å². The van der Waals surface area contributed by atoms with E-state index < -0.39 is 0 Å². The minimum atomic E-state index is 0.0916. The minimum Gasteiger partial charge on any atom is -0.454 e. The van der Waals surface area contributed by atoms with Gasteiger partial charge < -0.3 is 19.1 Å². The van der Waals surface area contributed by atoms with Crippen LogP contribution in [-0.2, 0) is 13.0 Å². The first-order valence-corrected chi connectivity index (χ1v) is 8.86. The number of aromatic nitrogens is 2. The fourth-order valence-corrected chi connectivity index (χ4v) is 3.53. The highest BCUT2D eigenvalue weighted by Gasteiger charge is 2.20. The number of fused-ring (bicyclic) bond motifs is 1. The summed E-state index contributed by atoms with van der Waals surface area (Å²) in [5.41, 5.74) is 4.41. The number of aliphatic hydroxyl groups excluding tert-OH is 1. The average Bonchev–Trinajstić information content (AvgIpc) is 3.29. The molecular weight excluding hydrogens is 328 g/mol. The first kappa shape index (κ1) is 16.7. The maximum Gasteiger partial charge on any atom is 0.231 e. The summed E-state index contributed by atoms with van der Waals surface area (Å²) < 4.78 is 12.9. The fourth-order valence-electron chi connectivity index (χ4n) is 3.53. The van der Waals surface area contributed by atoms with Crippen LogP contribution in [0.2, 0.25) is 0 Å². The predicted molar refractivity (Wildman–Crippen MR) is 99.4 cm³/mol. The molecular formula is C21H22N2O3. The molecule has 0 bridgehead atoms. The van der Waals surface area contributed by atoms with Gasteiger partial charge in [-0.3, -0.25) is 0 Å². The second-order valence-electron chi connectivity index (χ2n) is 6.55. The lowest BCUT2D eigenvalue weighted by Crippen LogP contribution is -2.10. The number of imidazole rings is 1. The number of rotatable bonds is 6. The Hall–Kier alpha value is -2.79. The Morgan fingerprint density at radius 1 is 1.12 bits per heavy atom. The van der Waals surface area contributed by atoms with Gasteiger partial charge in [0.2, 0.25) is 6.79 Å². The van der Waals surface area contributed by atoms with Crippen molar-refractivity contribution in [1.29, 1.82) is 0 Å². The molecule has 1 unspecified atom stereocenters. The summed E-state index contributed by atoms with van der Waals surface area (Å²) in [7, 11) is 0. The molecule has 1 aromatic heterocycles. The van der Waals surface area contributed by atoms with Crippen molar-refractivity contribution in [3.63, 3.8) is 0 Å². The molecule has 5 nitrogen and oxygen atoms in total. The van der Waals surface area contributed by atoms with E-state index in [9.17, 15) is 5.11 Å². The first-order chi connectivity index (χ1) is 12.8. The number of benzene rings is 2. The molecule has 0 fully saturated rings. The quantitative estimate of drug-likeness (QED) is 0.738. The maximum atomic E-state index is 9.42. The number of aliphatic hydroxyl groups is 1. The summed E-state index contributed by atoms with van der Waals surface area (Å²) in [5.74, 6) is 1.85. The summed E-state index contributed by atoms with van der Waals surface area (Å²) in [6.45, 7) is 3.12. The number of nitrogens with zero attached hydrogens (tertiary/aromatic N) is 2. The van der Waals surface area contributed by atoms with Crippen molar-refractivity contribution in [3.8, 4) is 22.8 Å². The van der Waals surface area contributed by atoms with Crippen LogP contribution in [0.4, 0.5) is 0 Å². The van der Waals surface area contributed by atoms with E-state index in [2.05, 4.69) is 34.7 Å². The van der Waals surface area contributed by atoms with Gasteiger partial charge >= 0.3 is 0 Å². The molecule has 0 saturated heterocycles. The van der Waals surface area contributed by atoms with Crippen molar-refractivity contribution in [1.82, 2.24) is 9.55 Å². The van der Waals surface area contributed by atoms with E-state index in [0.717, 1.165) is 34.9 Å². The SMILES string of the molecule is CC(Cc1ccc2c(c1)OCO2)c1c(-c2ccccc2)ncn1CCO. The molecule has 3 aromatic rings. The standard InChI is InChI=1S/C21H22N2O3/c1-15(11-16-7-8-18-19(12-16)26-14-25-18)21-20(17-5-3-2-4-6-17)22-13-23(21)9-10-24/h2-8,12-13,15,24H,9-11,14H2,1H3. The Balaban J connectivity index is 1.66. The lowest BCUT2D eigenvalue weighted by molar-refractivity contribution is 0.174. The van der Waals surface area contributed by atoms with E-state index in [1.54, 1.807) is 0 Å². The Labute approximate surface area is 152 Å². The fraction of sp³-hybridized carbons (Fsp3) is 0.286. The van der Waals surface area contributed by atoms with Crippen LogP contribution in [0.5, 0.6) is 11.5 Å². The highest BCUT2D eigenvalue weighted by molar-refractivity contribution is 5.62. The van der Waals surface area contributed by atoms with Gasteiger partial charge in [-0.1, -0.05) is 43.3 Å². The Bertz CT molecular complexity index is 890. The van der Waals surface area contributed by atoms with Crippen molar-refractivity contribution < 1.29 is 14.6 Å². The van der Waals surface area contributed by atoms with Gasteiger partial charge in [0.1, 0.15) is 0 Å². The van der Waals surface area contributed by atoms with Gasteiger partial charge in [0.15, 0.2) is 11.5 Å². The molecule has 2 aromatic carbocycles. The van der Waals surface area contributed by atoms with Crippen molar-refractivity contribution in [2.75, 3.05) is 13.4 Å². The summed E-state index contributed by atoms with van der Waals surface area (Å²) in [6.07, 6.45) is 2.68. The molecule has 26 heavy (non-hydrogen) atoms. The highest BCUT2D eigenvalue weighted by atomic mass is 16.7. The normalized spacial score (nSPS) is 13.8. The van der Waals surface area contributed by atoms with Crippen molar-refractivity contribution in [3.05, 3.63) is 66.1 Å². The van der Waals surface area contributed by atoms with Crippen LogP contribution in [0.3, 0.4) is 0 Å². The third kappa shape index (κ3) is 3.18. The predicted octanol–water partition coefficient (Wildman–Crippen LogP) is 3.62. The Morgan fingerprint density at radius 3 is 2.73 bits per heavy atom. The van der Waals surface area contributed by atoms with Gasteiger partial charge in [-0.05, 0) is 24.1 Å². The molecule has 0 amide bonds. The molecule has 1 atom stereocenters. The number of ether oxygens (including phenoxy) is 2. The Kier molecular flexibility index (Phi) is 4.63. The largest absolute Gasteiger partial charge is 0.454 e. The minimum absolute atomic E-state index is 0.0916. The second-order valence-corrected chi connectivity index (χ2v) is 6.55. The maximum absolute atomic E-state index is 9.42. The number of hydrogen-bond donors (Lipinski definition) is 1. The average molecular weight is 350 g/mol. The molecule has 2 heterocycles. The van der Waals surface area contributed by atoms with E-state index in [1.807, 2.05) is 36.7 Å². The van der Waals surface area contributed by atoms with Crippen LogP contribution in [0, 0.1) is 0 Å². The van der Waals surface area contributed by atoms with Crippen molar-refractivity contribution in [2.45, 2.75) is 25.8 Å². The molecule has 1 aliphatic rings. The topological polar surface area (TPSA) is 56.5 Å². The monoisotopic (exact) mass is 350 g/mol. The van der Waals surface area contributed by atoms with Crippen molar-refractivity contribution in [2.24, 2.45) is 0 Å². The highest BCUT2D eigenvalue weighted by Crippen LogP contribution is 2.35. The van der Waals surface area contributed by atoms with Gasteiger partial charge in [-0.2, -0.15) is 0 Å². The van der Waals surface area contributed by atoms with E-state index in [4.69, 9.17) is 9.47 Å². The third-order valence-corrected chi connectivity index (χ3v) is 4.71. The van der Waals surface area contributed by atoms with Crippen molar-refractivity contribution >= 4 is 0 Å². The van der Waals surface area contributed by atoms with Gasteiger partial charge in [0.25, 0.3) is 0 Å². The molecule has 1 aliphatic heterocycles. The van der Waals surface area contributed by atoms with Gasteiger partial charge in [0, 0.05) is 23.7 Å². The van der Waals surface area contributed by atoms with E-state index in [-0.39, 0.29) is 19.3 Å². The molecule has 4 rings (SSSR count). The second kappa shape index (κ2) is 7.22. The summed E-state index contributed by atoms with van der Waals surface area (Å²) in [5, 5.41) is 9.42. The van der Waals surface area contributed by atoms with Crippen LogP contribution in [0.25, 0.3) is 11.3 Å². The zero-order chi connectivity index (χ0) is 17.9.